The van der Waals surface area contributed by atoms with Crippen molar-refractivity contribution in [3.8, 4) is 0 Å². The lowest BCUT2D eigenvalue weighted by molar-refractivity contribution is -0.136. The Kier molecular flexibility index (Phi) is 6.29. The van der Waals surface area contributed by atoms with E-state index in [4.69, 9.17) is 10.5 Å². The number of esters is 1. The minimum absolute atomic E-state index is 0.0333. The van der Waals surface area contributed by atoms with Crippen molar-refractivity contribution in [3.63, 3.8) is 0 Å². The van der Waals surface area contributed by atoms with Crippen LogP contribution in [0.3, 0.4) is 0 Å². The molecule has 0 saturated carbocycles. The summed E-state index contributed by atoms with van der Waals surface area (Å²) in [5, 5.41) is 2.66. The fourth-order valence-electron chi connectivity index (χ4n) is 4.37. The number of carbonyl (C=O) groups is 3. The lowest BCUT2D eigenvalue weighted by Crippen LogP contribution is -2.60. The Bertz CT molecular complexity index is 1260. The Labute approximate surface area is 198 Å². The fourth-order valence-corrected chi connectivity index (χ4v) is 4.37. The average Bonchev–Trinajstić information content (AvgIpc) is 3.25. The molecule has 4 rings (SSSR count). The molecule has 3 aromatic rings. The Morgan fingerprint density at radius 1 is 1.18 bits per heavy atom. The number of fused-ring (bicyclic) bond motifs is 2. The molecule has 8 nitrogen and oxygen atoms in total. The summed E-state index contributed by atoms with van der Waals surface area (Å²) in [5.41, 5.74) is 11.9. The number of hydrogen-bond acceptors (Lipinski definition) is 6. The molecule has 2 atom stereocenters. The Balaban J connectivity index is 1.69. The second-order valence-corrected chi connectivity index (χ2v) is 9.40. The van der Waals surface area contributed by atoms with Crippen LogP contribution in [0.5, 0.6) is 0 Å². The van der Waals surface area contributed by atoms with Crippen molar-refractivity contribution in [2.24, 2.45) is 5.73 Å². The van der Waals surface area contributed by atoms with E-state index in [0.29, 0.717) is 18.5 Å². The summed E-state index contributed by atoms with van der Waals surface area (Å²) < 4.78 is 4.85. The third-order valence-electron chi connectivity index (χ3n) is 6.43. The summed E-state index contributed by atoms with van der Waals surface area (Å²) in [6.07, 6.45) is 2.21. The van der Waals surface area contributed by atoms with Crippen LogP contribution in [0.4, 0.5) is 0 Å². The van der Waals surface area contributed by atoms with Gasteiger partial charge in [0.05, 0.1) is 24.3 Å². The lowest BCUT2D eigenvalue weighted by atomic mass is 9.85. The molecular formula is C26H30N4O4. The van der Waals surface area contributed by atoms with Gasteiger partial charge in [0, 0.05) is 29.6 Å². The molecule has 2 aromatic carbocycles. The van der Waals surface area contributed by atoms with Gasteiger partial charge < -0.3 is 15.5 Å². The van der Waals surface area contributed by atoms with E-state index >= 15 is 0 Å². The molecule has 1 aromatic heterocycles. The number of amides is 1. The first-order valence-electron chi connectivity index (χ1n) is 11.3. The number of hydrazine groups is 1. The van der Waals surface area contributed by atoms with Gasteiger partial charge in [-0.05, 0) is 55.2 Å². The molecular weight excluding hydrogens is 432 g/mol. The average molecular weight is 463 g/mol. The van der Waals surface area contributed by atoms with E-state index in [1.165, 1.54) is 7.11 Å². The van der Waals surface area contributed by atoms with Crippen molar-refractivity contribution in [2.75, 3.05) is 7.11 Å². The molecule has 0 fully saturated rings. The zero-order valence-electron chi connectivity index (χ0n) is 19.8. The van der Waals surface area contributed by atoms with Gasteiger partial charge in [0.25, 0.3) is 5.91 Å². The van der Waals surface area contributed by atoms with Crippen LogP contribution in [0.15, 0.2) is 48.7 Å². The number of Topliss-reactive ketones (excluding diaryl/α,β-unsaturated/α-hetero) is 1. The molecule has 1 aliphatic rings. The number of carbonyl (C=O) groups excluding carboxylic acids is 3. The molecule has 8 heteroatoms. The van der Waals surface area contributed by atoms with Gasteiger partial charge >= 0.3 is 5.97 Å². The number of ether oxygens (including phenoxy) is 1. The molecule has 2 unspecified atom stereocenters. The van der Waals surface area contributed by atoms with E-state index in [-0.39, 0.29) is 11.7 Å². The van der Waals surface area contributed by atoms with Crippen molar-refractivity contribution >= 4 is 28.6 Å². The van der Waals surface area contributed by atoms with Crippen LogP contribution in [0.2, 0.25) is 0 Å². The molecule has 0 radical (unpaired) electrons. The highest BCUT2D eigenvalue weighted by atomic mass is 16.5. The third-order valence-corrected chi connectivity index (χ3v) is 6.43. The zero-order chi connectivity index (χ0) is 24.6. The number of ketones is 1. The minimum Gasteiger partial charge on any atom is -0.465 e. The van der Waals surface area contributed by atoms with Crippen molar-refractivity contribution in [1.82, 2.24) is 15.4 Å². The number of aromatic amines is 1. The number of nitrogens with zero attached hydrogens (tertiary/aromatic N) is 1. The molecule has 2 heterocycles. The molecule has 0 spiro atoms. The number of rotatable bonds is 6. The van der Waals surface area contributed by atoms with Crippen LogP contribution < -0.4 is 11.2 Å². The third kappa shape index (κ3) is 4.47. The van der Waals surface area contributed by atoms with Crippen molar-refractivity contribution < 1.29 is 19.1 Å². The molecule has 0 bridgehead atoms. The largest absolute Gasteiger partial charge is 0.465 e. The smallest absolute Gasteiger partial charge is 0.337 e. The van der Waals surface area contributed by atoms with Gasteiger partial charge in [-0.25, -0.2) is 9.80 Å². The van der Waals surface area contributed by atoms with E-state index in [1.807, 2.05) is 43.5 Å². The van der Waals surface area contributed by atoms with Crippen LogP contribution in [-0.2, 0) is 27.3 Å². The Morgan fingerprint density at radius 3 is 2.62 bits per heavy atom. The number of para-hydroxylation sites is 1. The number of H-pyrrole nitrogens is 1. The molecule has 1 amide bonds. The van der Waals surface area contributed by atoms with Crippen LogP contribution in [0.1, 0.15) is 53.7 Å². The Hall–Kier alpha value is -3.49. The summed E-state index contributed by atoms with van der Waals surface area (Å²) in [6.45, 7) is 5.43. The Morgan fingerprint density at radius 2 is 1.91 bits per heavy atom. The summed E-state index contributed by atoms with van der Waals surface area (Å²) >= 11 is 0. The first kappa shape index (κ1) is 23.7. The van der Waals surface area contributed by atoms with E-state index < -0.39 is 23.5 Å². The normalized spacial score (nSPS) is 17.1. The second kappa shape index (κ2) is 9.04. The van der Waals surface area contributed by atoms with Gasteiger partial charge in [0.1, 0.15) is 0 Å². The first-order valence-corrected chi connectivity index (χ1v) is 11.3. The van der Waals surface area contributed by atoms with Crippen LogP contribution in [0.25, 0.3) is 10.9 Å². The second-order valence-electron chi connectivity index (χ2n) is 9.40. The van der Waals surface area contributed by atoms with E-state index in [2.05, 4.69) is 10.4 Å². The van der Waals surface area contributed by atoms with E-state index in [0.717, 1.165) is 27.6 Å². The quantitative estimate of drug-likeness (QED) is 0.485. The maximum absolute atomic E-state index is 13.8. The van der Waals surface area contributed by atoms with Gasteiger partial charge in [0.15, 0.2) is 5.78 Å². The van der Waals surface area contributed by atoms with Gasteiger partial charge in [-0.1, -0.05) is 31.2 Å². The molecule has 178 valence electrons. The molecule has 4 N–H and O–H groups in total. The predicted octanol–water partition coefficient (Wildman–Crippen LogP) is 2.82. The molecule has 1 aliphatic heterocycles. The number of aromatic nitrogens is 1. The van der Waals surface area contributed by atoms with Crippen molar-refractivity contribution in [3.05, 3.63) is 70.9 Å². The SMILES string of the molecule is COC(=O)c1ccc2c(c1)CC(C(=O)C(C)c1c[nH]c3ccccc13)N(NC(=O)C(C)(C)N)C2. The summed E-state index contributed by atoms with van der Waals surface area (Å²) in [5.74, 6) is -1.26. The van der Waals surface area contributed by atoms with E-state index in [1.54, 1.807) is 31.0 Å². The minimum atomic E-state index is -1.11. The van der Waals surface area contributed by atoms with Gasteiger partial charge in [-0.2, -0.15) is 0 Å². The number of benzene rings is 2. The zero-order valence-corrected chi connectivity index (χ0v) is 19.8. The first-order chi connectivity index (χ1) is 16.1. The lowest BCUT2D eigenvalue weighted by Gasteiger charge is -2.38. The molecule has 34 heavy (non-hydrogen) atoms. The van der Waals surface area contributed by atoms with Crippen LogP contribution in [-0.4, -0.2) is 46.3 Å². The number of methoxy groups -OCH3 is 1. The summed E-state index contributed by atoms with van der Waals surface area (Å²) in [6, 6.07) is 12.5. The van der Waals surface area contributed by atoms with Crippen LogP contribution in [0, 0.1) is 0 Å². The molecule has 0 aliphatic carbocycles. The van der Waals surface area contributed by atoms with Gasteiger partial charge in [-0.3, -0.25) is 15.0 Å². The molecule has 0 saturated heterocycles. The van der Waals surface area contributed by atoms with Gasteiger partial charge in [0.2, 0.25) is 0 Å². The maximum Gasteiger partial charge on any atom is 0.337 e. The van der Waals surface area contributed by atoms with Crippen molar-refractivity contribution in [2.45, 2.75) is 51.2 Å². The highest BCUT2D eigenvalue weighted by molar-refractivity contribution is 5.96. The van der Waals surface area contributed by atoms with Gasteiger partial charge in [-0.15, -0.1) is 0 Å². The van der Waals surface area contributed by atoms with Crippen molar-refractivity contribution in [1.29, 1.82) is 0 Å². The predicted molar refractivity (Wildman–Crippen MR) is 129 cm³/mol. The summed E-state index contributed by atoms with van der Waals surface area (Å²) in [7, 11) is 1.34. The topological polar surface area (TPSA) is 118 Å². The number of hydrogen-bond donors (Lipinski definition) is 3. The van der Waals surface area contributed by atoms with E-state index in [9.17, 15) is 14.4 Å². The highest BCUT2D eigenvalue weighted by Crippen LogP contribution is 2.31. The number of nitrogens with two attached hydrogens (primary N) is 1. The number of nitrogens with one attached hydrogen (secondary N) is 2. The maximum atomic E-state index is 13.8. The van der Waals surface area contributed by atoms with Crippen LogP contribution >= 0.6 is 0 Å². The fraction of sp³-hybridized carbons (Fsp3) is 0.346. The monoisotopic (exact) mass is 462 g/mol. The standard InChI is InChI=1S/C26H30N4O4/c1-15(20-13-28-21-8-6-5-7-19(20)21)23(31)22-12-18-11-16(24(32)34-4)9-10-17(18)14-30(22)29-25(33)26(2,3)27/h5-11,13,15,22,28H,12,14,27H2,1-4H3,(H,29,33). The summed E-state index contributed by atoms with van der Waals surface area (Å²) in [4.78, 5) is 41.8. The highest BCUT2D eigenvalue weighted by Gasteiger charge is 2.37.